The van der Waals surface area contributed by atoms with Gasteiger partial charge in [0.25, 0.3) is 0 Å². The van der Waals surface area contributed by atoms with Gasteiger partial charge in [-0.15, -0.1) is 0 Å². The fourth-order valence-corrected chi connectivity index (χ4v) is 2.52. The van der Waals surface area contributed by atoms with Crippen LogP contribution in [0.25, 0.3) is 0 Å². The van der Waals surface area contributed by atoms with Gasteiger partial charge < -0.3 is 9.47 Å². The molecule has 1 saturated heterocycles. The highest BCUT2D eigenvalue weighted by molar-refractivity contribution is 5.86. The van der Waals surface area contributed by atoms with E-state index >= 15 is 0 Å². The first kappa shape index (κ1) is 10.5. The van der Waals surface area contributed by atoms with E-state index in [2.05, 4.69) is 19.1 Å². The lowest BCUT2D eigenvalue weighted by Gasteiger charge is -2.15. The number of ether oxygens (including phenoxy) is 2. The maximum atomic E-state index is 11.0. The Bertz CT molecular complexity index is 456. The molecule has 3 nitrogen and oxygen atoms in total. The third-order valence-electron chi connectivity index (χ3n) is 3.49. The molecular formula is C14H14O3. The molecule has 3 heterocycles. The molecular weight excluding hydrogens is 216 g/mol. The van der Waals surface area contributed by atoms with Crippen LogP contribution in [-0.4, -0.2) is 18.2 Å². The Labute approximate surface area is 100 Å². The van der Waals surface area contributed by atoms with Crippen molar-refractivity contribution in [3.63, 3.8) is 0 Å². The third-order valence-corrected chi connectivity index (χ3v) is 3.49. The van der Waals surface area contributed by atoms with E-state index in [4.69, 9.17) is 9.47 Å². The second kappa shape index (κ2) is 4.00. The summed E-state index contributed by atoms with van der Waals surface area (Å²) in [6, 6.07) is 0. The number of hydrogen-bond donors (Lipinski definition) is 0. The largest absolute Gasteiger partial charge is 0.424 e. The Hall–Kier alpha value is -1.61. The summed E-state index contributed by atoms with van der Waals surface area (Å²) in [6.45, 7) is 2.16. The van der Waals surface area contributed by atoms with Crippen LogP contribution in [0.5, 0.6) is 0 Å². The van der Waals surface area contributed by atoms with Crippen molar-refractivity contribution in [2.75, 3.05) is 0 Å². The van der Waals surface area contributed by atoms with Crippen molar-refractivity contribution in [3.8, 4) is 0 Å². The van der Waals surface area contributed by atoms with Crippen LogP contribution in [0.4, 0.5) is 0 Å². The molecule has 3 rings (SSSR count). The minimum Gasteiger partial charge on any atom is -0.424 e. The Kier molecular flexibility index (Phi) is 2.48. The lowest BCUT2D eigenvalue weighted by atomic mass is 9.86. The molecule has 3 heteroatoms. The molecule has 0 radical (unpaired) electrons. The van der Waals surface area contributed by atoms with Crippen LogP contribution in [-0.2, 0) is 14.3 Å². The summed E-state index contributed by atoms with van der Waals surface area (Å²) in [5.41, 5.74) is 0. The Morgan fingerprint density at radius 2 is 1.94 bits per heavy atom. The smallest absolute Gasteiger partial charge is 0.336 e. The van der Waals surface area contributed by atoms with Crippen LogP contribution in [0.15, 0.2) is 48.3 Å². The van der Waals surface area contributed by atoms with Gasteiger partial charge in [0.15, 0.2) is 0 Å². The fourth-order valence-electron chi connectivity index (χ4n) is 2.52. The SMILES string of the molecule is C[C@H]1[C@@H](/C=C2\C=CC(=O)O2)[C@H]2C=CC=C[C@@H]1O2. The zero-order valence-electron chi connectivity index (χ0n) is 9.58. The normalized spacial score (nSPS) is 41.0. The van der Waals surface area contributed by atoms with E-state index in [1.807, 2.05) is 18.2 Å². The van der Waals surface area contributed by atoms with E-state index in [1.165, 1.54) is 6.08 Å². The molecule has 3 aliphatic rings. The van der Waals surface area contributed by atoms with Crippen LogP contribution < -0.4 is 0 Å². The summed E-state index contributed by atoms with van der Waals surface area (Å²) in [5, 5.41) is 0. The molecule has 0 aromatic heterocycles. The molecule has 3 aliphatic heterocycles. The fraction of sp³-hybridized carbons (Fsp3) is 0.357. The quantitative estimate of drug-likeness (QED) is 0.647. The molecule has 0 amide bonds. The number of rotatable bonds is 1. The second-order valence-electron chi connectivity index (χ2n) is 4.60. The Balaban J connectivity index is 1.84. The third kappa shape index (κ3) is 1.87. The van der Waals surface area contributed by atoms with Gasteiger partial charge in [0.05, 0.1) is 12.2 Å². The van der Waals surface area contributed by atoms with Gasteiger partial charge in [-0.05, 0) is 18.1 Å². The summed E-state index contributed by atoms with van der Waals surface area (Å²) >= 11 is 0. The molecule has 0 spiro atoms. The number of esters is 1. The minimum atomic E-state index is -0.293. The molecule has 0 unspecified atom stereocenters. The highest BCUT2D eigenvalue weighted by Gasteiger charge is 2.39. The summed E-state index contributed by atoms with van der Waals surface area (Å²) < 4.78 is 11.0. The Morgan fingerprint density at radius 1 is 1.18 bits per heavy atom. The van der Waals surface area contributed by atoms with E-state index < -0.39 is 0 Å². The van der Waals surface area contributed by atoms with Crippen LogP contribution in [0.2, 0.25) is 0 Å². The highest BCUT2D eigenvalue weighted by Crippen LogP contribution is 2.37. The van der Waals surface area contributed by atoms with Gasteiger partial charge in [-0.2, -0.15) is 0 Å². The van der Waals surface area contributed by atoms with Crippen LogP contribution >= 0.6 is 0 Å². The second-order valence-corrected chi connectivity index (χ2v) is 4.60. The van der Waals surface area contributed by atoms with Gasteiger partial charge in [0.2, 0.25) is 0 Å². The predicted molar refractivity (Wildman–Crippen MR) is 62.9 cm³/mol. The van der Waals surface area contributed by atoms with E-state index in [-0.39, 0.29) is 24.1 Å². The van der Waals surface area contributed by atoms with Crippen LogP contribution in [0, 0.1) is 11.8 Å². The zero-order chi connectivity index (χ0) is 11.8. The van der Waals surface area contributed by atoms with E-state index in [0.717, 1.165) is 0 Å². The lowest BCUT2D eigenvalue weighted by molar-refractivity contribution is -0.132. The summed E-state index contributed by atoms with van der Waals surface area (Å²) in [5.74, 6) is 0.991. The average Bonchev–Trinajstić information content (AvgIpc) is 2.73. The molecule has 0 aromatic carbocycles. The molecule has 17 heavy (non-hydrogen) atoms. The molecule has 0 aromatic rings. The first-order valence-electron chi connectivity index (χ1n) is 5.86. The van der Waals surface area contributed by atoms with Gasteiger partial charge in [0, 0.05) is 12.0 Å². The standard InChI is InChI=1S/C14H14O3/c1-9-11(8-10-6-7-14(15)16-10)13-5-3-2-4-12(9)17-13/h2-9,11-13H,1H3/b10-8+/t9-,11+,12-,13+/m0/s1. The van der Waals surface area contributed by atoms with Gasteiger partial charge in [-0.3, -0.25) is 0 Å². The van der Waals surface area contributed by atoms with Crippen molar-refractivity contribution >= 4 is 5.97 Å². The van der Waals surface area contributed by atoms with E-state index in [1.54, 1.807) is 6.08 Å². The van der Waals surface area contributed by atoms with Gasteiger partial charge in [-0.1, -0.05) is 31.2 Å². The number of cyclic esters (lactones) is 1. The topological polar surface area (TPSA) is 35.5 Å². The minimum absolute atomic E-state index is 0.0743. The van der Waals surface area contributed by atoms with Crippen molar-refractivity contribution in [2.45, 2.75) is 19.1 Å². The number of fused-ring (bicyclic) bond motifs is 2. The maximum absolute atomic E-state index is 11.0. The Morgan fingerprint density at radius 3 is 2.65 bits per heavy atom. The first-order valence-corrected chi connectivity index (χ1v) is 5.86. The van der Waals surface area contributed by atoms with E-state index in [9.17, 15) is 4.79 Å². The summed E-state index contributed by atoms with van der Waals surface area (Å²) in [7, 11) is 0. The molecule has 4 atom stereocenters. The first-order chi connectivity index (χ1) is 8.24. The molecule has 0 N–H and O–H groups in total. The van der Waals surface area contributed by atoms with Crippen LogP contribution in [0.1, 0.15) is 6.92 Å². The van der Waals surface area contributed by atoms with Crippen molar-refractivity contribution in [2.24, 2.45) is 11.8 Å². The molecule has 1 fully saturated rings. The highest BCUT2D eigenvalue weighted by atomic mass is 16.5. The average molecular weight is 230 g/mol. The van der Waals surface area contributed by atoms with E-state index in [0.29, 0.717) is 11.7 Å². The zero-order valence-corrected chi connectivity index (χ0v) is 9.58. The van der Waals surface area contributed by atoms with Gasteiger partial charge in [-0.25, -0.2) is 4.79 Å². The lowest BCUT2D eigenvalue weighted by Crippen LogP contribution is -2.17. The number of carbonyl (C=O) groups is 1. The van der Waals surface area contributed by atoms with Gasteiger partial charge >= 0.3 is 5.97 Å². The van der Waals surface area contributed by atoms with Crippen molar-refractivity contribution < 1.29 is 14.3 Å². The van der Waals surface area contributed by atoms with Crippen LogP contribution in [0.3, 0.4) is 0 Å². The molecule has 0 aliphatic carbocycles. The summed E-state index contributed by atoms with van der Waals surface area (Å²) in [6.07, 6.45) is 13.6. The molecule has 2 bridgehead atoms. The molecule has 0 saturated carbocycles. The van der Waals surface area contributed by atoms with Gasteiger partial charge in [0.1, 0.15) is 5.76 Å². The number of carbonyl (C=O) groups excluding carboxylic acids is 1. The molecule has 88 valence electrons. The summed E-state index contributed by atoms with van der Waals surface area (Å²) in [4.78, 5) is 11.0. The monoisotopic (exact) mass is 230 g/mol. The van der Waals surface area contributed by atoms with Crippen molar-refractivity contribution in [3.05, 3.63) is 48.3 Å². The van der Waals surface area contributed by atoms with Crippen molar-refractivity contribution in [1.82, 2.24) is 0 Å². The maximum Gasteiger partial charge on any atom is 0.336 e. The van der Waals surface area contributed by atoms with Crippen molar-refractivity contribution in [1.29, 1.82) is 0 Å². The number of hydrogen-bond acceptors (Lipinski definition) is 3. The number of allylic oxidation sites excluding steroid dienone is 3. The predicted octanol–water partition coefficient (Wildman–Crippen LogP) is 2.13.